The van der Waals surface area contributed by atoms with Crippen LogP contribution in [0.25, 0.3) is 0 Å². The first-order valence-electron chi connectivity index (χ1n) is 10.5. The summed E-state index contributed by atoms with van der Waals surface area (Å²) in [4.78, 5) is 49.3. The van der Waals surface area contributed by atoms with E-state index in [0.717, 1.165) is 4.90 Å². The predicted molar refractivity (Wildman–Crippen MR) is 123 cm³/mol. The minimum atomic E-state index is -1.53. The number of ether oxygens (including phenoxy) is 2. The largest absolute Gasteiger partial charge is 0.614 e. The zero-order valence-electron chi connectivity index (χ0n) is 18.5. The standard InChI is InChI=1S/C23H21N3O8S/c1-14-13-35(32)22-19(24-18(27)12-33-17-5-3-2-4-6-17)21(28)25(22)20(14)23(29)34-11-15-7-9-16(10-8-15)26(30)31/h2-10,19,22H,11-13H2,1H3,(H,24,27)/t19?,22-,35?/m0/s1. The maximum Gasteiger partial charge on any atom is 0.355 e. The average Bonchev–Trinajstić information content (AvgIpc) is 2.85. The fourth-order valence-corrected chi connectivity index (χ4v) is 5.43. The molecule has 2 aromatic carbocycles. The molecule has 2 amide bonds. The number of benzene rings is 2. The number of rotatable bonds is 8. The third-order valence-electron chi connectivity index (χ3n) is 5.46. The van der Waals surface area contributed by atoms with E-state index in [1.54, 1.807) is 37.3 Å². The van der Waals surface area contributed by atoms with Crippen LogP contribution in [0.2, 0.25) is 0 Å². The van der Waals surface area contributed by atoms with Crippen LogP contribution in [0.4, 0.5) is 5.69 Å². The van der Waals surface area contributed by atoms with Gasteiger partial charge in [0.2, 0.25) is 5.37 Å². The van der Waals surface area contributed by atoms with Gasteiger partial charge in [0.15, 0.2) is 12.6 Å². The Bertz CT molecular complexity index is 1190. The van der Waals surface area contributed by atoms with Gasteiger partial charge in [0.05, 0.1) is 4.92 Å². The zero-order valence-corrected chi connectivity index (χ0v) is 19.4. The number of esters is 1. The van der Waals surface area contributed by atoms with E-state index in [4.69, 9.17) is 9.47 Å². The Labute approximate surface area is 203 Å². The van der Waals surface area contributed by atoms with E-state index < -0.39 is 45.3 Å². The molecule has 2 aromatic rings. The Morgan fingerprint density at radius 2 is 1.86 bits per heavy atom. The first-order valence-corrected chi connectivity index (χ1v) is 11.9. The lowest BCUT2D eigenvalue weighted by atomic mass is 10.0. The van der Waals surface area contributed by atoms with E-state index in [2.05, 4.69) is 5.32 Å². The van der Waals surface area contributed by atoms with Crippen LogP contribution in [-0.2, 0) is 36.9 Å². The van der Waals surface area contributed by atoms with Gasteiger partial charge in [-0.3, -0.25) is 24.6 Å². The lowest BCUT2D eigenvalue weighted by molar-refractivity contribution is -0.384. The number of carbonyl (C=O) groups excluding carboxylic acids is 3. The number of nitrogens with zero attached hydrogens (tertiary/aromatic N) is 2. The molecule has 35 heavy (non-hydrogen) atoms. The topological polar surface area (TPSA) is 151 Å². The second-order valence-corrected chi connectivity index (χ2v) is 9.43. The molecule has 1 fully saturated rings. The summed E-state index contributed by atoms with van der Waals surface area (Å²) in [5.74, 6) is -1.38. The lowest BCUT2D eigenvalue weighted by Gasteiger charge is -2.49. The van der Waals surface area contributed by atoms with E-state index in [0.29, 0.717) is 16.9 Å². The minimum Gasteiger partial charge on any atom is -0.614 e. The number of nitro groups is 1. The molecule has 2 aliphatic rings. The highest BCUT2D eigenvalue weighted by Crippen LogP contribution is 2.37. The third kappa shape index (κ3) is 5.12. The lowest BCUT2D eigenvalue weighted by Crippen LogP contribution is -2.75. The van der Waals surface area contributed by atoms with Gasteiger partial charge >= 0.3 is 5.97 Å². The Morgan fingerprint density at radius 1 is 1.17 bits per heavy atom. The summed E-state index contributed by atoms with van der Waals surface area (Å²) in [7, 11) is 0. The second kappa shape index (κ2) is 10.2. The van der Waals surface area contributed by atoms with Crippen molar-refractivity contribution in [3.8, 4) is 5.75 Å². The van der Waals surface area contributed by atoms with Crippen molar-refractivity contribution >= 4 is 34.6 Å². The van der Waals surface area contributed by atoms with Crippen molar-refractivity contribution in [3.05, 3.63) is 81.5 Å². The predicted octanol–water partition coefficient (Wildman–Crippen LogP) is 1.41. The van der Waals surface area contributed by atoms with E-state index in [1.807, 2.05) is 0 Å². The molecule has 182 valence electrons. The normalized spacial score (nSPS) is 21.0. The van der Waals surface area contributed by atoms with Gasteiger partial charge in [-0.2, -0.15) is 0 Å². The molecule has 0 spiro atoms. The van der Waals surface area contributed by atoms with E-state index in [1.165, 1.54) is 24.3 Å². The summed E-state index contributed by atoms with van der Waals surface area (Å²) >= 11 is -1.53. The summed E-state index contributed by atoms with van der Waals surface area (Å²) in [5.41, 5.74) is 0.854. The van der Waals surface area contributed by atoms with Crippen LogP contribution < -0.4 is 10.1 Å². The number of non-ortho nitro benzene ring substituents is 1. The molecule has 2 unspecified atom stereocenters. The molecule has 4 rings (SSSR count). The number of β-lactam (4-membered cyclic amide) rings is 1. The van der Waals surface area contributed by atoms with E-state index >= 15 is 0 Å². The molecule has 3 atom stereocenters. The summed E-state index contributed by atoms with van der Waals surface area (Å²) in [6.07, 6.45) is 0. The molecule has 2 heterocycles. The number of fused-ring (bicyclic) bond motifs is 1. The van der Waals surface area contributed by atoms with Crippen molar-refractivity contribution < 1.29 is 33.3 Å². The number of carbonyl (C=O) groups is 3. The second-order valence-electron chi connectivity index (χ2n) is 7.90. The van der Waals surface area contributed by atoms with Crippen molar-refractivity contribution in [1.82, 2.24) is 10.2 Å². The van der Waals surface area contributed by atoms with Crippen LogP contribution in [0, 0.1) is 10.1 Å². The minimum absolute atomic E-state index is 0.00690. The van der Waals surface area contributed by atoms with Gasteiger partial charge in [-0.1, -0.05) is 18.2 Å². The highest BCUT2D eigenvalue weighted by Gasteiger charge is 2.60. The Kier molecular flexibility index (Phi) is 7.03. The van der Waals surface area contributed by atoms with Crippen LogP contribution >= 0.6 is 0 Å². The van der Waals surface area contributed by atoms with Crippen LogP contribution in [0.3, 0.4) is 0 Å². The first kappa shape index (κ1) is 24.2. The molecule has 0 aromatic heterocycles. The van der Waals surface area contributed by atoms with Crippen molar-refractivity contribution in [1.29, 1.82) is 0 Å². The molecule has 12 heteroatoms. The summed E-state index contributed by atoms with van der Waals surface area (Å²) in [6.45, 7) is 1.09. The number of hydrogen-bond donors (Lipinski definition) is 1. The summed E-state index contributed by atoms with van der Waals surface area (Å²) in [5, 5.41) is 12.4. The maximum absolute atomic E-state index is 12.8. The van der Waals surface area contributed by atoms with Gasteiger partial charge in [-0.05, 0) is 47.9 Å². The van der Waals surface area contributed by atoms with Gasteiger partial charge < -0.3 is 19.3 Å². The molecular weight excluding hydrogens is 478 g/mol. The molecule has 0 aliphatic carbocycles. The SMILES string of the molecule is CC1=C(C(=O)OCc2ccc([N+](=O)[O-])cc2)N2C(=O)C(NC(=O)COc3ccccc3)[C@@H]2[S+]([O-])C1. The average molecular weight is 500 g/mol. The Hall–Kier alpha value is -3.90. The molecule has 11 nitrogen and oxygen atoms in total. The molecule has 2 aliphatic heterocycles. The molecule has 1 N–H and O–H groups in total. The number of para-hydroxylation sites is 1. The van der Waals surface area contributed by atoms with Gasteiger partial charge in [0.25, 0.3) is 17.5 Å². The smallest absolute Gasteiger partial charge is 0.355 e. The van der Waals surface area contributed by atoms with Gasteiger partial charge in [0.1, 0.15) is 23.8 Å². The molecule has 0 radical (unpaired) electrons. The third-order valence-corrected chi connectivity index (χ3v) is 7.20. The van der Waals surface area contributed by atoms with Crippen LogP contribution in [-0.4, -0.2) is 55.9 Å². The molecular formula is C23H21N3O8S. The number of nitrogens with one attached hydrogen (secondary N) is 1. The highest BCUT2D eigenvalue weighted by molar-refractivity contribution is 7.92. The number of nitro benzene ring substituents is 1. The highest BCUT2D eigenvalue weighted by atomic mass is 32.2. The van der Waals surface area contributed by atoms with Crippen molar-refractivity contribution in [2.75, 3.05) is 12.4 Å². The van der Waals surface area contributed by atoms with Gasteiger partial charge in [-0.25, -0.2) is 4.79 Å². The summed E-state index contributed by atoms with van der Waals surface area (Å²) < 4.78 is 23.4. The van der Waals surface area contributed by atoms with E-state index in [-0.39, 0.29) is 30.4 Å². The van der Waals surface area contributed by atoms with Crippen LogP contribution in [0.5, 0.6) is 5.75 Å². The van der Waals surface area contributed by atoms with Crippen LogP contribution in [0.15, 0.2) is 65.9 Å². The number of hydrogen-bond acceptors (Lipinski definition) is 8. The fourth-order valence-electron chi connectivity index (χ4n) is 3.76. The van der Waals surface area contributed by atoms with Gasteiger partial charge in [0, 0.05) is 17.7 Å². The van der Waals surface area contributed by atoms with Crippen molar-refractivity contribution in [3.63, 3.8) is 0 Å². The van der Waals surface area contributed by atoms with Crippen molar-refractivity contribution in [2.45, 2.75) is 24.9 Å². The Morgan fingerprint density at radius 3 is 2.51 bits per heavy atom. The van der Waals surface area contributed by atoms with E-state index in [9.17, 15) is 29.1 Å². The monoisotopic (exact) mass is 499 g/mol. The number of amides is 2. The molecule has 1 saturated heterocycles. The van der Waals surface area contributed by atoms with Crippen LogP contribution in [0.1, 0.15) is 12.5 Å². The first-order chi connectivity index (χ1) is 16.8. The molecule has 0 bridgehead atoms. The summed E-state index contributed by atoms with van der Waals surface area (Å²) in [6, 6.07) is 13.1. The molecule has 0 saturated carbocycles. The van der Waals surface area contributed by atoms with Gasteiger partial charge in [-0.15, -0.1) is 0 Å². The zero-order chi connectivity index (χ0) is 25.1. The quantitative estimate of drug-likeness (QED) is 0.188. The van der Waals surface area contributed by atoms with Crippen molar-refractivity contribution in [2.24, 2.45) is 0 Å². The Balaban J connectivity index is 1.38. The maximum atomic E-state index is 12.8. The fraction of sp³-hybridized carbons (Fsp3) is 0.261.